The molecule has 6 nitrogen and oxygen atoms in total. The fourth-order valence-corrected chi connectivity index (χ4v) is 6.11. The highest BCUT2D eigenvalue weighted by Gasteiger charge is 2.23. The number of carbonyl (C=O) groups is 1. The molecule has 1 atom stereocenters. The van der Waals surface area contributed by atoms with Crippen LogP contribution in [0.3, 0.4) is 0 Å². The Kier molecular flexibility index (Phi) is 10.1. The van der Waals surface area contributed by atoms with E-state index in [-0.39, 0.29) is 17.6 Å². The van der Waals surface area contributed by atoms with Crippen LogP contribution in [0.25, 0.3) is 5.69 Å². The molecule has 0 aliphatic rings. The number of para-hydroxylation sites is 2. The molecule has 5 aromatic rings. The molecule has 4 aromatic carbocycles. The third-order valence-electron chi connectivity index (χ3n) is 7.39. The number of thioether (sulfide) groups is 1. The van der Waals surface area contributed by atoms with Crippen LogP contribution in [0.4, 0.5) is 0 Å². The Morgan fingerprint density at radius 1 is 0.857 bits per heavy atom. The predicted octanol–water partition coefficient (Wildman–Crippen LogP) is 7.50. The van der Waals surface area contributed by atoms with E-state index in [0.29, 0.717) is 12.1 Å². The van der Waals surface area contributed by atoms with E-state index >= 15 is 0 Å². The Balaban J connectivity index is 1.34. The van der Waals surface area contributed by atoms with Crippen LogP contribution in [-0.4, -0.2) is 32.3 Å². The van der Waals surface area contributed by atoms with Crippen molar-refractivity contribution in [3.63, 3.8) is 0 Å². The molecular weight excluding hydrogens is 540 g/mol. The monoisotopic (exact) mass is 576 g/mol. The quantitative estimate of drug-likeness (QED) is 0.112. The Morgan fingerprint density at radius 2 is 1.55 bits per heavy atom. The molecule has 0 aliphatic heterocycles. The topological polar surface area (TPSA) is 80.0 Å². The van der Waals surface area contributed by atoms with Gasteiger partial charge >= 0.3 is 0 Å². The van der Waals surface area contributed by atoms with Gasteiger partial charge in [0.25, 0.3) is 5.91 Å². The Hall–Kier alpha value is -4.36. The van der Waals surface area contributed by atoms with E-state index < -0.39 is 0 Å². The predicted molar refractivity (Wildman–Crippen MR) is 169 cm³/mol. The Bertz CT molecular complexity index is 1590. The van der Waals surface area contributed by atoms with E-state index in [0.717, 1.165) is 48.1 Å². The molecule has 42 heavy (non-hydrogen) atoms. The molecule has 5 rings (SSSR count). The van der Waals surface area contributed by atoms with Crippen molar-refractivity contribution in [1.82, 2.24) is 20.1 Å². The van der Waals surface area contributed by atoms with Crippen molar-refractivity contribution in [1.29, 1.82) is 0 Å². The lowest BCUT2D eigenvalue weighted by atomic mass is 9.93. The van der Waals surface area contributed by atoms with Crippen LogP contribution >= 0.6 is 11.8 Å². The maximum absolute atomic E-state index is 12.5. The van der Waals surface area contributed by atoms with Crippen LogP contribution in [0, 0.1) is 6.92 Å². The third kappa shape index (κ3) is 7.47. The molecule has 0 bridgehead atoms. The second-order valence-electron chi connectivity index (χ2n) is 10.4. The van der Waals surface area contributed by atoms with E-state index in [1.54, 1.807) is 30.0 Å². The summed E-state index contributed by atoms with van der Waals surface area (Å²) in [6.07, 6.45) is 3.47. The van der Waals surface area contributed by atoms with Gasteiger partial charge in [0, 0.05) is 23.9 Å². The fourth-order valence-electron chi connectivity index (χ4n) is 5.07. The van der Waals surface area contributed by atoms with Crippen molar-refractivity contribution < 1.29 is 9.90 Å². The lowest BCUT2D eigenvalue weighted by Crippen LogP contribution is -2.24. The molecule has 214 valence electrons. The van der Waals surface area contributed by atoms with Crippen LogP contribution < -0.4 is 5.32 Å². The van der Waals surface area contributed by atoms with Gasteiger partial charge in [-0.2, -0.15) is 0 Å². The summed E-state index contributed by atoms with van der Waals surface area (Å²) in [6.45, 7) is 2.68. The van der Waals surface area contributed by atoms with E-state index in [9.17, 15) is 9.90 Å². The number of phenolic OH excluding ortho intramolecular Hbond substituents is 1. The second kappa shape index (κ2) is 14.5. The summed E-state index contributed by atoms with van der Waals surface area (Å²) in [5, 5.41) is 23.3. The third-order valence-corrected chi connectivity index (χ3v) is 8.37. The van der Waals surface area contributed by atoms with E-state index in [1.165, 1.54) is 22.8 Å². The van der Waals surface area contributed by atoms with Crippen molar-refractivity contribution in [2.24, 2.45) is 0 Å². The summed E-state index contributed by atoms with van der Waals surface area (Å²) in [5.74, 6) is 1.65. The number of carbonyl (C=O) groups excluding carboxylic acids is 1. The average molecular weight is 577 g/mol. The van der Waals surface area contributed by atoms with Crippen molar-refractivity contribution in [2.75, 3.05) is 6.54 Å². The zero-order valence-corrected chi connectivity index (χ0v) is 24.6. The SMILES string of the molecule is Cc1ccccc1CSc1nnc(C(CCCCNC(=O)c2ccccc2O)Cc2ccccc2)n1-c1ccccc1. The number of unbranched alkanes of at least 4 members (excludes halogenated alkanes) is 1. The smallest absolute Gasteiger partial charge is 0.255 e. The zero-order valence-electron chi connectivity index (χ0n) is 23.8. The van der Waals surface area contributed by atoms with Crippen molar-refractivity contribution in [3.05, 3.63) is 137 Å². The van der Waals surface area contributed by atoms with Gasteiger partial charge in [0.1, 0.15) is 11.6 Å². The van der Waals surface area contributed by atoms with Gasteiger partial charge in [-0.3, -0.25) is 9.36 Å². The molecule has 1 aromatic heterocycles. The maximum Gasteiger partial charge on any atom is 0.255 e. The van der Waals surface area contributed by atoms with Gasteiger partial charge < -0.3 is 10.4 Å². The highest BCUT2D eigenvalue weighted by atomic mass is 32.2. The summed E-state index contributed by atoms with van der Waals surface area (Å²) in [6, 6.07) is 35.9. The number of phenols is 1. The first-order chi connectivity index (χ1) is 20.6. The first-order valence-corrected chi connectivity index (χ1v) is 15.4. The number of hydrogen-bond donors (Lipinski definition) is 2. The molecule has 0 aliphatic carbocycles. The number of aromatic nitrogens is 3. The van der Waals surface area contributed by atoms with Crippen molar-refractivity contribution >= 4 is 17.7 Å². The minimum Gasteiger partial charge on any atom is -0.507 e. The highest BCUT2D eigenvalue weighted by molar-refractivity contribution is 7.98. The standard InChI is InChI=1S/C35H36N4O2S/c1-26-14-8-9-18-29(26)25-42-35-38-37-33(39(35)30-19-6-3-7-20-30)28(24-27-15-4-2-5-16-27)17-12-13-23-36-34(41)31-21-10-11-22-32(31)40/h2-11,14-16,18-22,28,40H,12-13,17,23-25H2,1H3,(H,36,41). The molecule has 0 spiro atoms. The van der Waals surface area contributed by atoms with Gasteiger partial charge in [-0.05, 0) is 67.1 Å². The summed E-state index contributed by atoms with van der Waals surface area (Å²) >= 11 is 1.71. The summed E-state index contributed by atoms with van der Waals surface area (Å²) in [7, 11) is 0. The van der Waals surface area contributed by atoms with Gasteiger partial charge in [-0.1, -0.05) is 103 Å². The molecule has 2 N–H and O–H groups in total. The molecule has 0 saturated carbocycles. The van der Waals surface area contributed by atoms with Gasteiger partial charge in [-0.25, -0.2) is 0 Å². The molecule has 0 saturated heterocycles. The molecule has 7 heteroatoms. The van der Waals surface area contributed by atoms with Gasteiger partial charge in [-0.15, -0.1) is 10.2 Å². The molecule has 1 unspecified atom stereocenters. The van der Waals surface area contributed by atoms with Crippen LogP contribution in [0.1, 0.15) is 58.1 Å². The molecule has 0 radical (unpaired) electrons. The molecular formula is C35H36N4O2S. The first-order valence-electron chi connectivity index (χ1n) is 14.4. The van der Waals surface area contributed by atoms with Gasteiger partial charge in [0.05, 0.1) is 5.56 Å². The molecule has 1 heterocycles. The van der Waals surface area contributed by atoms with Crippen molar-refractivity contribution in [3.8, 4) is 11.4 Å². The lowest BCUT2D eigenvalue weighted by Gasteiger charge is -2.19. The highest BCUT2D eigenvalue weighted by Crippen LogP contribution is 2.32. The van der Waals surface area contributed by atoms with Crippen molar-refractivity contribution in [2.45, 2.75) is 49.4 Å². The van der Waals surface area contributed by atoms with E-state index in [1.807, 2.05) is 24.3 Å². The largest absolute Gasteiger partial charge is 0.507 e. The van der Waals surface area contributed by atoms with E-state index in [4.69, 9.17) is 10.2 Å². The van der Waals surface area contributed by atoms with Crippen LogP contribution in [-0.2, 0) is 12.2 Å². The summed E-state index contributed by atoms with van der Waals surface area (Å²) < 4.78 is 2.22. The second-order valence-corrected chi connectivity index (χ2v) is 11.3. The minimum atomic E-state index is -0.256. The Morgan fingerprint density at radius 3 is 2.31 bits per heavy atom. The lowest BCUT2D eigenvalue weighted by molar-refractivity contribution is 0.0950. The van der Waals surface area contributed by atoms with Crippen LogP contribution in [0.2, 0.25) is 0 Å². The fraction of sp³-hybridized carbons (Fsp3) is 0.229. The van der Waals surface area contributed by atoms with Gasteiger partial charge in [0.2, 0.25) is 0 Å². The van der Waals surface area contributed by atoms with Crippen LogP contribution in [0.15, 0.2) is 114 Å². The molecule has 0 fully saturated rings. The number of benzene rings is 4. The number of aromatic hydroxyl groups is 1. The number of nitrogens with zero attached hydrogens (tertiary/aromatic N) is 3. The average Bonchev–Trinajstić information content (AvgIpc) is 3.45. The first kappa shape index (κ1) is 29.1. The zero-order chi connectivity index (χ0) is 29.1. The number of amides is 1. The van der Waals surface area contributed by atoms with Crippen LogP contribution in [0.5, 0.6) is 5.75 Å². The summed E-state index contributed by atoms with van der Waals surface area (Å²) in [5.41, 5.74) is 5.17. The number of nitrogens with one attached hydrogen (secondary N) is 1. The molecule has 1 amide bonds. The van der Waals surface area contributed by atoms with Gasteiger partial charge in [0.15, 0.2) is 5.16 Å². The number of aryl methyl sites for hydroxylation is 1. The number of hydrogen-bond acceptors (Lipinski definition) is 5. The maximum atomic E-state index is 12.5. The number of rotatable bonds is 13. The van der Waals surface area contributed by atoms with E-state index in [2.05, 4.69) is 77.5 Å². The minimum absolute atomic E-state index is 0.00530. The normalized spacial score (nSPS) is 11.7. The summed E-state index contributed by atoms with van der Waals surface area (Å²) in [4.78, 5) is 12.5. The Labute approximate surface area is 251 Å².